The van der Waals surface area contributed by atoms with Gasteiger partial charge in [-0.3, -0.25) is 9.88 Å². The summed E-state index contributed by atoms with van der Waals surface area (Å²) in [5.74, 6) is 0. The van der Waals surface area contributed by atoms with E-state index in [0.717, 1.165) is 37.6 Å². The summed E-state index contributed by atoms with van der Waals surface area (Å²) in [7, 11) is 0. The van der Waals surface area contributed by atoms with Crippen LogP contribution in [0.2, 0.25) is 0 Å². The van der Waals surface area contributed by atoms with E-state index in [1.165, 1.54) is 0 Å². The Kier molecular flexibility index (Phi) is 3.18. The number of pyridine rings is 1. The van der Waals surface area contributed by atoms with Crippen LogP contribution in [-0.4, -0.2) is 35.7 Å². The normalized spacial score (nSPS) is 22.9. The SMILES string of the molecule is CC1CN(Cc2ncccc2N)CCO1. The lowest BCUT2D eigenvalue weighted by Gasteiger charge is -2.30. The van der Waals surface area contributed by atoms with Gasteiger partial charge in [0.1, 0.15) is 0 Å². The molecule has 1 aliphatic rings. The average Bonchev–Trinajstić information content (AvgIpc) is 2.22. The van der Waals surface area contributed by atoms with Gasteiger partial charge in [0, 0.05) is 25.8 Å². The van der Waals surface area contributed by atoms with Crippen LogP contribution >= 0.6 is 0 Å². The molecule has 1 atom stereocenters. The predicted octanol–water partition coefficient (Wildman–Crippen LogP) is 0.885. The van der Waals surface area contributed by atoms with Crippen LogP contribution in [0.15, 0.2) is 18.3 Å². The minimum absolute atomic E-state index is 0.309. The Bertz CT molecular complexity index is 329. The molecule has 1 aliphatic heterocycles. The Hall–Kier alpha value is -1.13. The molecular weight excluding hydrogens is 190 g/mol. The Balaban J connectivity index is 1.99. The maximum absolute atomic E-state index is 5.85. The number of hydrogen-bond donors (Lipinski definition) is 1. The zero-order valence-corrected chi connectivity index (χ0v) is 9.02. The van der Waals surface area contributed by atoms with Gasteiger partial charge in [-0.2, -0.15) is 0 Å². The third-order valence-electron chi connectivity index (χ3n) is 2.62. The zero-order chi connectivity index (χ0) is 10.7. The van der Waals surface area contributed by atoms with Crippen LogP contribution in [0.5, 0.6) is 0 Å². The highest BCUT2D eigenvalue weighted by atomic mass is 16.5. The topological polar surface area (TPSA) is 51.4 Å². The number of anilines is 1. The first-order valence-electron chi connectivity index (χ1n) is 5.29. The highest BCUT2D eigenvalue weighted by molar-refractivity contribution is 5.41. The van der Waals surface area contributed by atoms with Crippen LogP contribution in [-0.2, 0) is 11.3 Å². The molecule has 1 fully saturated rings. The van der Waals surface area contributed by atoms with Crippen LogP contribution in [0.3, 0.4) is 0 Å². The summed E-state index contributed by atoms with van der Waals surface area (Å²) in [6.45, 7) is 5.62. The fourth-order valence-electron chi connectivity index (χ4n) is 1.83. The summed E-state index contributed by atoms with van der Waals surface area (Å²) < 4.78 is 5.48. The number of nitrogens with two attached hydrogens (primary N) is 1. The van der Waals surface area contributed by atoms with Crippen molar-refractivity contribution >= 4 is 5.69 Å². The van der Waals surface area contributed by atoms with Crippen molar-refractivity contribution in [3.8, 4) is 0 Å². The molecule has 1 unspecified atom stereocenters. The number of nitrogens with zero attached hydrogens (tertiary/aromatic N) is 2. The van der Waals surface area contributed by atoms with E-state index in [0.29, 0.717) is 6.10 Å². The molecule has 0 aromatic carbocycles. The molecule has 1 saturated heterocycles. The quantitative estimate of drug-likeness (QED) is 0.782. The molecule has 4 nitrogen and oxygen atoms in total. The maximum atomic E-state index is 5.85. The molecule has 0 radical (unpaired) electrons. The molecule has 1 aromatic rings. The highest BCUT2D eigenvalue weighted by Gasteiger charge is 2.17. The van der Waals surface area contributed by atoms with Gasteiger partial charge >= 0.3 is 0 Å². The second-order valence-electron chi connectivity index (χ2n) is 3.96. The van der Waals surface area contributed by atoms with Crippen molar-refractivity contribution in [2.24, 2.45) is 0 Å². The van der Waals surface area contributed by atoms with Crippen LogP contribution in [0.1, 0.15) is 12.6 Å². The van der Waals surface area contributed by atoms with Gasteiger partial charge < -0.3 is 10.5 Å². The number of nitrogen functional groups attached to an aromatic ring is 1. The summed E-state index contributed by atoms with van der Waals surface area (Å²) in [4.78, 5) is 6.62. The molecule has 0 aliphatic carbocycles. The lowest BCUT2D eigenvalue weighted by atomic mass is 10.2. The fourth-order valence-corrected chi connectivity index (χ4v) is 1.83. The van der Waals surface area contributed by atoms with E-state index in [2.05, 4.69) is 16.8 Å². The Morgan fingerprint density at radius 2 is 2.53 bits per heavy atom. The van der Waals surface area contributed by atoms with Gasteiger partial charge in [0.05, 0.1) is 24.1 Å². The molecule has 0 bridgehead atoms. The molecule has 1 aromatic heterocycles. The molecule has 0 amide bonds. The third kappa shape index (κ3) is 2.67. The molecule has 2 rings (SSSR count). The van der Waals surface area contributed by atoms with E-state index >= 15 is 0 Å². The van der Waals surface area contributed by atoms with E-state index in [9.17, 15) is 0 Å². The molecule has 2 N–H and O–H groups in total. The minimum atomic E-state index is 0.309. The number of aromatic nitrogens is 1. The maximum Gasteiger partial charge on any atom is 0.0772 e. The average molecular weight is 207 g/mol. The first kappa shape index (κ1) is 10.4. The monoisotopic (exact) mass is 207 g/mol. The third-order valence-corrected chi connectivity index (χ3v) is 2.62. The lowest BCUT2D eigenvalue weighted by molar-refractivity contribution is -0.0215. The van der Waals surface area contributed by atoms with Gasteiger partial charge in [-0.25, -0.2) is 0 Å². The van der Waals surface area contributed by atoms with Gasteiger partial charge in [0.15, 0.2) is 0 Å². The number of morpholine rings is 1. The van der Waals surface area contributed by atoms with E-state index in [4.69, 9.17) is 10.5 Å². The van der Waals surface area contributed by atoms with Gasteiger partial charge in [-0.15, -0.1) is 0 Å². The van der Waals surface area contributed by atoms with Crippen molar-refractivity contribution < 1.29 is 4.74 Å². The zero-order valence-electron chi connectivity index (χ0n) is 9.02. The van der Waals surface area contributed by atoms with Gasteiger partial charge in [-0.05, 0) is 19.1 Å². The van der Waals surface area contributed by atoms with Crippen molar-refractivity contribution in [3.63, 3.8) is 0 Å². The molecular formula is C11H17N3O. The van der Waals surface area contributed by atoms with E-state index in [1.54, 1.807) is 6.20 Å². The van der Waals surface area contributed by atoms with Crippen molar-refractivity contribution in [1.82, 2.24) is 9.88 Å². The molecule has 15 heavy (non-hydrogen) atoms. The summed E-state index contributed by atoms with van der Waals surface area (Å²) in [6, 6.07) is 3.76. The van der Waals surface area contributed by atoms with Crippen molar-refractivity contribution in [3.05, 3.63) is 24.0 Å². The van der Waals surface area contributed by atoms with Crippen molar-refractivity contribution in [2.75, 3.05) is 25.4 Å². The minimum Gasteiger partial charge on any atom is -0.397 e. The molecule has 4 heteroatoms. The summed E-state index contributed by atoms with van der Waals surface area (Å²) in [5, 5.41) is 0. The first-order chi connectivity index (χ1) is 7.25. The largest absolute Gasteiger partial charge is 0.397 e. The number of hydrogen-bond acceptors (Lipinski definition) is 4. The standard InChI is InChI=1S/C11H17N3O/c1-9-7-14(5-6-15-9)8-11-10(12)3-2-4-13-11/h2-4,9H,5-8,12H2,1H3. The van der Waals surface area contributed by atoms with Crippen molar-refractivity contribution in [1.29, 1.82) is 0 Å². The van der Waals surface area contributed by atoms with Gasteiger partial charge in [0.25, 0.3) is 0 Å². The molecule has 0 spiro atoms. The molecule has 2 heterocycles. The van der Waals surface area contributed by atoms with E-state index < -0.39 is 0 Å². The van der Waals surface area contributed by atoms with E-state index in [1.807, 2.05) is 12.1 Å². The van der Waals surface area contributed by atoms with Gasteiger partial charge in [-0.1, -0.05) is 0 Å². The predicted molar refractivity (Wildman–Crippen MR) is 59.3 cm³/mol. The Morgan fingerprint density at radius 1 is 1.67 bits per heavy atom. The fraction of sp³-hybridized carbons (Fsp3) is 0.545. The molecule has 82 valence electrons. The van der Waals surface area contributed by atoms with Crippen LogP contribution < -0.4 is 5.73 Å². The summed E-state index contributed by atoms with van der Waals surface area (Å²) in [6.07, 6.45) is 2.10. The van der Waals surface area contributed by atoms with Crippen LogP contribution in [0, 0.1) is 0 Å². The second kappa shape index (κ2) is 4.59. The van der Waals surface area contributed by atoms with Gasteiger partial charge in [0.2, 0.25) is 0 Å². The smallest absolute Gasteiger partial charge is 0.0772 e. The Labute approximate surface area is 90.0 Å². The Morgan fingerprint density at radius 3 is 3.27 bits per heavy atom. The summed E-state index contributed by atoms with van der Waals surface area (Å²) in [5.41, 5.74) is 7.59. The van der Waals surface area contributed by atoms with Crippen molar-refractivity contribution in [2.45, 2.75) is 19.6 Å². The first-order valence-corrected chi connectivity index (χ1v) is 5.29. The highest BCUT2D eigenvalue weighted by Crippen LogP contribution is 2.13. The van der Waals surface area contributed by atoms with Crippen LogP contribution in [0.25, 0.3) is 0 Å². The molecule has 0 saturated carbocycles. The van der Waals surface area contributed by atoms with Crippen LogP contribution in [0.4, 0.5) is 5.69 Å². The summed E-state index contributed by atoms with van der Waals surface area (Å²) >= 11 is 0. The van der Waals surface area contributed by atoms with E-state index in [-0.39, 0.29) is 0 Å². The second-order valence-corrected chi connectivity index (χ2v) is 3.96. The number of ether oxygens (including phenoxy) is 1. The lowest BCUT2D eigenvalue weighted by Crippen LogP contribution is -2.40. The number of rotatable bonds is 2.